The smallest absolute Gasteiger partial charge is 0.326 e. The number of rotatable bonds is 18. The van der Waals surface area contributed by atoms with Gasteiger partial charge in [0.25, 0.3) is 0 Å². The number of nitrogens with two attached hydrogens (primary N) is 1. The summed E-state index contributed by atoms with van der Waals surface area (Å²) >= 11 is 0. The molecule has 1 fully saturated rings. The van der Waals surface area contributed by atoms with E-state index in [-0.39, 0.29) is 43.5 Å². The third-order valence-electron chi connectivity index (χ3n) is 8.51. The van der Waals surface area contributed by atoms with Crippen LogP contribution in [-0.4, -0.2) is 82.3 Å². The maximum atomic E-state index is 13.3. The average molecular weight is 656 g/mol. The lowest BCUT2D eigenvalue weighted by molar-refractivity contribution is -0.141. The molecule has 0 saturated heterocycles. The van der Waals surface area contributed by atoms with Crippen LogP contribution >= 0.6 is 0 Å². The molecule has 256 valence electrons. The lowest BCUT2D eigenvalue weighted by Gasteiger charge is -2.28. The molecule has 0 heterocycles. The molecule has 0 bridgehead atoms. The number of aliphatic carboxylic acids is 3. The molecule has 0 aromatic heterocycles. The third kappa shape index (κ3) is 12.2. The Balaban J connectivity index is 1.54. The van der Waals surface area contributed by atoms with Gasteiger partial charge in [0.05, 0.1) is 0 Å². The maximum Gasteiger partial charge on any atom is 0.326 e. The van der Waals surface area contributed by atoms with Crippen LogP contribution in [0.2, 0.25) is 0 Å². The first kappa shape index (κ1) is 36.7. The highest BCUT2D eigenvalue weighted by atomic mass is 16.4. The van der Waals surface area contributed by atoms with Crippen molar-refractivity contribution in [3.63, 3.8) is 0 Å². The minimum Gasteiger partial charge on any atom is -0.481 e. The second-order valence-electron chi connectivity index (χ2n) is 12.0. The molecule has 2 aromatic carbocycles. The summed E-state index contributed by atoms with van der Waals surface area (Å²) in [5.41, 5.74) is 6.68. The lowest BCUT2D eigenvalue weighted by Crippen LogP contribution is -2.51. The van der Waals surface area contributed by atoms with Crippen molar-refractivity contribution in [2.24, 2.45) is 17.6 Å². The van der Waals surface area contributed by atoms with Gasteiger partial charge in [-0.1, -0.05) is 42.5 Å². The zero-order chi connectivity index (χ0) is 34.3. The second kappa shape index (κ2) is 18.4. The van der Waals surface area contributed by atoms with E-state index in [1.807, 2.05) is 42.5 Å². The molecule has 9 N–H and O–H groups in total. The van der Waals surface area contributed by atoms with E-state index in [1.165, 1.54) is 0 Å². The molecule has 0 aliphatic heterocycles. The van der Waals surface area contributed by atoms with Crippen molar-refractivity contribution in [1.29, 1.82) is 0 Å². The van der Waals surface area contributed by atoms with Crippen LogP contribution in [0.25, 0.3) is 10.8 Å². The number of unbranched alkanes of at least 4 members (excludes halogenated alkanes) is 1. The van der Waals surface area contributed by atoms with Crippen molar-refractivity contribution in [3.05, 3.63) is 48.0 Å². The number of fused-ring (bicyclic) bond motifs is 1. The molecule has 1 aliphatic carbocycles. The van der Waals surface area contributed by atoms with Crippen molar-refractivity contribution in [2.45, 2.75) is 82.3 Å². The summed E-state index contributed by atoms with van der Waals surface area (Å²) in [5.74, 6) is -4.32. The highest BCUT2D eigenvalue weighted by molar-refractivity contribution is 5.89. The van der Waals surface area contributed by atoms with Crippen molar-refractivity contribution >= 4 is 46.5 Å². The van der Waals surface area contributed by atoms with Gasteiger partial charge in [0.2, 0.25) is 11.8 Å². The van der Waals surface area contributed by atoms with Gasteiger partial charge in [0.1, 0.15) is 18.1 Å². The molecular formula is C33H45N5O9. The number of hydrogen-bond donors (Lipinski definition) is 8. The SMILES string of the molecule is NCC1CCC(C(=O)NC(Cc2ccc3ccccc3c2)C(=O)NCCCCC(NC(=O)NC(CCC(=O)O)C(=O)O)C(=O)O)CC1. The first-order valence-electron chi connectivity index (χ1n) is 16.0. The second-order valence-corrected chi connectivity index (χ2v) is 12.0. The molecule has 3 atom stereocenters. The molecule has 2 aromatic rings. The number of carbonyl (C=O) groups is 6. The van der Waals surface area contributed by atoms with Crippen LogP contribution in [0.5, 0.6) is 0 Å². The largest absolute Gasteiger partial charge is 0.481 e. The summed E-state index contributed by atoms with van der Waals surface area (Å²) in [5, 5.41) is 39.7. The monoisotopic (exact) mass is 655 g/mol. The normalized spacial score (nSPS) is 17.9. The molecule has 0 spiro atoms. The van der Waals surface area contributed by atoms with E-state index >= 15 is 0 Å². The van der Waals surface area contributed by atoms with Gasteiger partial charge in [-0.3, -0.25) is 14.4 Å². The predicted octanol–water partition coefficient (Wildman–Crippen LogP) is 1.99. The Morgan fingerprint density at radius 1 is 0.766 bits per heavy atom. The van der Waals surface area contributed by atoms with Crippen molar-refractivity contribution in [2.75, 3.05) is 13.1 Å². The molecule has 0 radical (unpaired) electrons. The van der Waals surface area contributed by atoms with Gasteiger partial charge >= 0.3 is 23.9 Å². The molecule has 4 amide bonds. The molecule has 3 unspecified atom stereocenters. The molecule has 47 heavy (non-hydrogen) atoms. The van der Waals surface area contributed by atoms with Gasteiger partial charge in [-0.25, -0.2) is 14.4 Å². The number of benzene rings is 2. The van der Waals surface area contributed by atoms with Crippen LogP contribution in [-0.2, 0) is 30.4 Å². The average Bonchev–Trinajstić information content (AvgIpc) is 3.05. The summed E-state index contributed by atoms with van der Waals surface area (Å²) in [4.78, 5) is 72.5. The Morgan fingerprint density at radius 3 is 2.02 bits per heavy atom. The van der Waals surface area contributed by atoms with Gasteiger partial charge in [-0.15, -0.1) is 0 Å². The van der Waals surface area contributed by atoms with E-state index < -0.39 is 48.5 Å². The minimum absolute atomic E-state index is 0.00574. The topological polar surface area (TPSA) is 237 Å². The van der Waals surface area contributed by atoms with Crippen LogP contribution in [0, 0.1) is 11.8 Å². The van der Waals surface area contributed by atoms with E-state index in [1.54, 1.807) is 0 Å². The summed E-state index contributed by atoms with van der Waals surface area (Å²) in [6.45, 7) is 0.789. The molecule has 1 saturated carbocycles. The van der Waals surface area contributed by atoms with Gasteiger partial charge in [-0.2, -0.15) is 0 Å². The Kier molecular flexibility index (Phi) is 14.4. The fourth-order valence-corrected chi connectivity index (χ4v) is 5.71. The van der Waals surface area contributed by atoms with Gasteiger partial charge < -0.3 is 42.3 Å². The molecular weight excluding hydrogens is 610 g/mol. The number of amides is 4. The zero-order valence-corrected chi connectivity index (χ0v) is 26.3. The maximum absolute atomic E-state index is 13.3. The summed E-state index contributed by atoms with van der Waals surface area (Å²) in [7, 11) is 0. The lowest BCUT2D eigenvalue weighted by atomic mass is 9.81. The van der Waals surface area contributed by atoms with Crippen LogP contribution in [0.3, 0.4) is 0 Å². The fraction of sp³-hybridized carbons (Fsp3) is 0.515. The standard InChI is InChI=1S/C33H45N5O9/c34-19-20-8-12-23(13-9-20)29(41)36-27(18-21-10-11-22-5-1-2-6-24(22)17-21)30(42)35-16-4-3-7-25(31(43)44)37-33(47)38-26(32(45)46)14-15-28(39)40/h1-2,5-6,10-11,17,20,23,25-27H,3-4,7-9,12-16,18-19,34H2,(H,35,42)(H,36,41)(H,39,40)(H,43,44)(H,45,46)(H2,37,38,47). The fourth-order valence-electron chi connectivity index (χ4n) is 5.71. The Morgan fingerprint density at radius 2 is 1.40 bits per heavy atom. The van der Waals surface area contributed by atoms with Crippen molar-refractivity contribution < 1.29 is 44.1 Å². The van der Waals surface area contributed by atoms with E-state index in [4.69, 9.17) is 10.8 Å². The van der Waals surface area contributed by atoms with Gasteiger partial charge in [0.15, 0.2) is 0 Å². The molecule has 14 heteroatoms. The van der Waals surface area contributed by atoms with E-state index in [0.29, 0.717) is 38.1 Å². The number of nitrogens with one attached hydrogen (secondary N) is 4. The zero-order valence-electron chi connectivity index (χ0n) is 26.3. The third-order valence-corrected chi connectivity index (χ3v) is 8.51. The highest BCUT2D eigenvalue weighted by Gasteiger charge is 2.29. The van der Waals surface area contributed by atoms with Crippen molar-refractivity contribution in [1.82, 2.24) is 21.3 Å². The first-order chi connectivity index (χ1) is 22.5. The summed E-state index contributed by atoms with van der Waals surface area (Å²) < 4.78 is 0. The number of carbonyl (C=O) groups excluding carboxylic acids is 3. The van der Waals surface area contributed by atoms with Gasteiger partial charge in [0, 0.05) is 25.3 Å². The predicted molar refractivity (Wildman–Crippen MR) is 172 cm³/mol. The molecule has 1 aliphatic rings. The van der Waals surface area contributed by atoms with Crippen LogP contribution in [0.15, 0.2) is 42.5 Å². The Bertz CT molecular complexity index is 1410. The van der Waals surface area contributed by atoms with Crippen LogP contribution < -0.4 is 27.0 Å². The minimum atomic E-state index is -1.50. The number of carboxylic acid groups (broad SMARTS) is 3. The summed E-state index contributed by atoms with van der Waals surface area (Å²) in [6, 6.07) is 9.04. The number of hydrogen-bond acceptors (Lipinski definition) is 7. The first-order valence-corrected chi connectivity index (χ1v) is 16.0. The summed E-state index contributed by atoms with van der Waals surface area (Å²) in [6.07, 6.45) is 3.26. The molecule has 3 rings (SSSR count). The number of urea groups is 1. The van der Waals surface area contributed by atoms with E-state index in [0.717, 1.165) is 29.2 Å². The van der Waals surface area contributed by atoms with Crippen molar-refractivity contribution in [3.8, 4) is 0 Å². The van der Waals surface area contributed by atoms with Gasteiger partial charge in [-0.05, 0) is 80.2 Å². The Labute approximate surface area is 272 Å². The molecule has 14 nitrogen and oxygen atoms in total. The Hall–Kier alpha value is -4.72. The highest BCUT2D eigenvalue weighted by Crippen LogP contribution is 2.28. The number of carboxylic acids is 3. The van der Waals surface area contributed by atoms with Crippen LogP contribution in [0.1, 0.15) is 63.4 Å². The quantitative estimate of drug-likeness (QED) is 0.109. The van der Waals surface area contributed by atoms with E-state index in [9.17, 15) is 39.0 Å². The van der Waals surface area contributed by atoms with Crippen LogP contribution in [0.4, 0.5) is 4.79 Å². The van der Waals surface area contributed by atoms with E-state index in [2.05, 4.69) is 21.3 Å².